The minimum atomic E-state index is 0.344. The largest absolute Gasteiger partial charge is 0.508 e. The first-order valence-corrected chi connectivity index (χ1v) is 7.74. The third-order valence-electron chi connectivity index (χ3n) is 3.72. The highest BCUT2D eigenvalue weighted by molar-refractivity contribution is 5.31. The van der Waals surface area contributed by atoms with Crippen molar-refractivity contribution in [2.75, 3.05) is 13.1 Å². The van der Waals surface area contributed by atoms with Crippen LogP contribution in [0.2, 0.25) is 0 Å². The molecule has 0 bridgehead atoms. The van der Waals surface area contributed by atoms with Gasteiger partial charge in [0, 0.05) is 12.5 Å². The molecule has 1 atom stereocenters. The van der Waals surface area contributed by atoms with Gasteiger partial charge in [-0.2, -0.15) is 0 Å². The topological polar surface area (TPSA) is 32.3 Å². The molecule has 0 aliphatic heterocycles. The summed E-state index contributed by atoms with van der Waals surface area (Å²) in [6.45, 7) is 6.33. The summed E-state index contributed by atoms with van der Waals surface area (Å²) in [6, 6.07) is 16.3. The van der Waals surface area contributed by atoms with E-state index in [1.165, 1.54) is 16.7 Å². The molecule has 0 saturated carbocycles. The molecule has 21 heavy (non-hydrogen) atoms. The number of nitrogens with one attached hydrogen (secondary N) is 1. The second-order valence-corrected chi connectivity index (χ2v) is 5.69. The first-order valence-electron chi connectivity index (χ1n) is 7.74. The maximum Gasteiger partial charge on any atom is 0.115 e. The van der Waals surface area contributed by atoms with Crippen molar-refractivity contribution in [1.82, 2.24) is 5.32 Å². The summed E-state index contributed by atoms with van der Waals surface area (Å²) >= 11 is 0. The van der Waals surface area contributed by atoms with Gasteiger partial charge >= 0.3 is 0 Å². The van der Waals surface area contributed by atoms with E-state index in [1.54, 1.807) is 6.07 Å². The molecule has 2 rings (SSSR count). The summed E-state index contributed by atoms with van der Waals surface area (Å²) in [5.74, 6) is 0.773. The fraction of sp³-hybridized carbons (Fsp3) is 0.368. The van der Waals surface area contributed by atoms with Crippen LogP contribution in [0.3, 0.4) is 0 Å². The third-order valence-corrected chi connectivity index (χ3v) is 3.72. The summed E-state index contributed by atoms with van der Waals surface area (Å²) in [7, 11) is 0. The van der Waals surface area contributed by atoms with E-state index in [0.29, 0.717) is 11.7 Å². The first-order chi connectivity index (χ1) is 10.2. The maximum atomic E-state index is 9.64. The monoisotopic (exact) mass is 283 g/mol. The van der Waals surface area contributed by atoms with Gasteiger partial charge in [-0.05, 0) is 49.6 Å². The van der Waals surface area contributed by atoms with Crippen molar-refractivity contribution in [3.63, 3.8) is 0 Å². The Bertz CT molecular complexity index is 565. The fourth-order valence-electron chi connectivity index (χ4n) is 2.65. The molecule has 0 radical (unpaired) electrons. The van der Waals surface area contributed by atoms with Crippen LogP contribution in [0.25, 0.3) is 0 Å². The molecular weight excluding hydrogens is 258 g/mol. The van der Waals surface area contributed by atoms with Crippen LogP contribution < -0.4 is 5.32 Å². The van der Waals surface area contributed by atoms with E-state index in [1.807, 2.05) is 12.1 Å². The Hall–Kier alpha value is -1.80. The Balaban J connectivity index is 2.15. The van der Waals surface area contributed by atoms with Gasteiger partial charge in [-0.25, -0.2) is 0 Å². The normalized spacial score (nSPS) is 12.3. The summed E-state index contributed by atoms with van der Waals surface area (Å²) < 4.78 is 0. The van der Waals surface area contributed by atoms with Crippen molar-refractivity contribution in [1.29, 1.82) is 0 Å². The molecule has 112 valence electrons. The van der Waals surface area contributed by atoms with Gasteiger partial charge in [0.05, 0.1) is 0 Å². The average Bonchev–Trinajstić information content (AvgIpc) is 2.46. The summed E-state index contributed by atoms with van der Waals surface area (Å²) in [5.41, 5.74) is 3.84. The molecule has 1 unspecified atom stereocenters. The highest BCUT2D eigenvalue weighted by Gasteiger charge is 2.12. The molecule has 2 nitrogen and oxygen atoms in total. The molecule has 0 aromatic heterocycles. The average molecular weight is 283 g/mol. The van der Waals surface area contributed by atoms with Crippen molar-refractivity contribution in [2.45, 2.75) is 32.6 Å². The summed E-state index contributed by atoms with van der Waals surface area (Å²) in [5, 5.41) is 13.2. The van der Waals surface area contributed by atoms with E-state index in [9.17, 15) is 5.11 Å². The van der Waals surface area contributed by atoms with Crippen LogP contribution in [-0.4, -0.2) is 18.2 Å². The van der Waals surface area contributed by atoms with Crippen molar-refractivity contribution < 1.29 is 5.11 Å². The minimum absolute atomic E-state index is 0.344. The lowest BCUT2D eigenvalue weighted by Crippen LogP contribution is -2.23. The van der Waals surface area contributed by atoms with Crippen molar-refractivity contribution in [3.05, 3.63) is 65.2 Å². The van der Waals surface area contributed by atoms with E-state index >= 15 is 0 Å². The van der Waals surface area contributed by atoms with E-state index < -0.39 is 0 Å². The number of aromatic hydroxyl groups is 1. The van der Waals surface area contributed by atoms with Crippen LogP contribution in [0.15, 0.2) is 48.5 Å². The van der Waals surface area contributed by atoms with Crippen LogP contribution in [0.5, 0.6) is 5.75 Å². The molecule has 2 N–H and O–H groups in total. The maximum absolute atomic E-state index is 9.64. The predicted molar refractivity (Wildman–Crippen MR) is 88.9 cm³/mol. The molecular formula is C19H25NO. The number of rotatable bonds is 7. The quantitative estimate of drug-likeness (QED) is 0.752. The number of phenolic OH excluding ortho intramolecular Hbond substituents is 1. The number of hydrogen-bond acceptors (Lipinski definition) is 2. The van der Waals surface area contributed by atoms with Gasteiger partial charge < -0.3 is 10.4 Å². The lowest BCUT2D eigenvalue weighted by atomic mass is 9.91. The Morgan fingerprint density at radius 3 is 2.62 bits per heavy atom. The molecule has 2 aromatic rings. The van der Waals surface area contributed by atoms with Crippen molar-refractivity contribution in [3.8, 4) is 5.75 Å². The van der Waals surface area contributed by atoms with Gasteiger partial charge in [0.25, 0.3) is 0 Å². The van der Waals surface area contributed by atoms with Crippen LogP contribution in [0.1, 0.15) is 36.0 Å². The zero-order chi connectivity index (χ0) is 15.1. The highest BCUT2D eigenvalue weighted by Crippen LogP contribution is 2.23. The lowest BCUT2D eigenvalue weighted by molar-refractivity contribution is 0.474. The van der Waals surface area contributed by atoms with Crippen LogP contribution in [-0.2, 0) is 6.42 Å². The third kappa shape index (κ3) is 4.91. The van der Waals surface area contributed by atoms with E-state index in [0.717, 1.165) is 25.9 Å². The van der Waals surface area contributed by atoms with Crippen molar-refractivity contribution in [2.24, 2.45) is 0 Å². The molecule has 0 heterocycles. The van der Waals surface area contributed by atoms with Crippen LogP contribution in [0, 0.1) is 6.92 Å². The van der Waals surface area contributed by atoms with Gasteiger partial charge in [-0.1, -0.05) is 48.9 Å². The Labute approximate surface area is 127 Å². The first kappa shape index (κ1) is 15.6. The van der Waals surface area contributed by atoms with Gasteiger partial charge in [-0.3, -0.25) is 0 Å². The standard InChI is InChI=1S/C19H25NO/c1-3-10-20-14-18(17-8-4-6-15(2)11-17)12-16-7-5-9-19(21)13-16/h4-9,11,13,18,20-21H,3,10,12,14H2,1-2H3. The molecule has 2 aromatic carbocycles. The summed E-state index contributed by atoms with van der Waals surface area (Å²) in [6.07, 6.45) is 2.08. The van der Waals surface area contributed by atoms with Gasteiger partial charge in [0.1, 0.15) is 5.75 Å². The smallest absolute Gasteiger partial charge is 0.115 e. The molecule has 2 heteroatoms. The molecule has 0 aliphatic rings. The van der Waals surface area contributed by atoms with Crippen molar-refractivity contribution >= 4 is 0 Å². The molecule has 0 fully saturated rings. The van der Waals surface area contributed by atoms with E-state index in [2.05, 4.69) is 49.5 Å². The lowest BCUT2D eigenvalue weighted by Gasteiger charge is -2.19. The zero-order valence-corrected chi connectivity index (χ0v) is 13.0. The summed E-state index contributed by atoms with van der Waals surface area (Å²) in [4.78, 5) is 0. The second kappa shape index (κ2) is 7.84. The fourth-order valence-corrected chi connectivity index (χ4v) is 2.65. The number of hydrogen-bond donors (Lipinski definition) is 2. The Kier molecular flexibility index (Phi) is 5.82. The van der Waals surface area contributed by atoms with Crippen LogP contribution >= 0.6 is 0 Å². The predicted octanol–water partition coefficient (Wildman–Crippen LogP) is 4.03. The highest BCUT2D eigenvalue weighted by atomic mass is 16.3. The number of phenols is 1. The molecule has 0 saturated heterocycles. The molecule has 0 spiro atoms. The molecule has 0 amide bonds. The van der Waals surface area contributed by atoms with E-state index in [-0.39, 0.29) is 0 Å². The van der Waals surface area contributed by atoms with E-state index in [4.69, 9.17) is 0 Å². The van der Waals surface area contributed by atoms with Crippen LogP contribution in [0.4, 0.5) is 0 Å². The van der Waals surface area contributed by atoms with Gasteiger partial charge in [0.2, 0.25) is 0 Å². The SMILES string of the molecule is CCCNCC(Cc1cccc(O)c1)c1cccc(C)c1. The molecule has 0 aliphatic carbocycles. The zero-order valence-electron chi connectivity index (χ0n) is 13.0. The number of aryl methyl sites for hydroxylation is 1. The second-order valence-electron chi connectivity index (χ2n) is 5.69. The Morgan fingerprint density at radius 1 is 1.10 bits per heavy atom. The van der Waals surface area contributed by atoms with Gasteiger partial charge in [-0.15, -0.1) is 0 Å². The minimum Gasteiger partial charge on any atom is -0.508 e. The Morgan fingerprint density at radius 2 is 1.90 bits per heavy atom. The van der Waals surface area contributed by atoms with Gasteiger partial charge in [0.15, 0.2) is 0 Å². The number of benzene rings is 2.